The molecule has 0 radical (unpaired) electrons. The molecule has 2 aliphatic rings. The lowest BCUT2D eigenvalue weighted by Gasteiger charge is -2.40. The molecule has 4 amide bonds. The molecule has 2 saturated heterocycles. The summed E-state index contributed by atoms with van der Waals surface area (Å²) >= 11 is 1.59. The van der Waals surface area contributed by atoms with E-state index >= 15 is 0 Å². The van der Waals surface area contributed by atoms with Crippen LogP contribution in [0.1, 0.15) is 122 Å². The number of thiazole rings is 1. The number of likely N-dealkylation sites (N-methyl/N-ethyl adjacent to an activating group) is 1. The van der Waals surface area contributed by atoms with Gasteiger partial charge in [-0.2, -0.15) is 0 Å². The fraction of sp³-hybridized carbons (Fsp3) is 0.526. The molecule has 2 aromatic heterocycles. The molecular weight excluding hydrogens is 941 g/mol. The van der Waals surface area contributed by atoms with Gasteiger partial charge in [0.2, 0.25) is 23.6 Å². The highest BCUT2D eigenvalue weighted by Gasteiger charge is 2.46. The van der Waals surface area contributed by atoms with Gasteiger partial charge in [-0.1, -0.05) is 108 Å². The number of aliphatic hydroxyl groups excluding tert-OH is 1. The lowest BCUT2D eigenvalue weighted by atomic mass is 9.84. The first-order chi connectivity index (χ1) is 35.2. The predicted molar refractivity (Wildman–Crippen MR) is 288 cm³/mol. The van der Waals surface area contributed by atoms with Gasteiger partial charge >= 0.3 is 0 Å². The van der Waals surface area contributed by atoms with Crippen molar-refractivity contribution in [3.63, 3.8) is 0 Å². The van der Waals surface area contributed by atoms with Crippen LogP contribution in [0.4, 0.5) is 11.5 Å². The summed E-state index contributed by atoms with van der Waals surface area (Å²) in [5.74, 6) is 1.81. The molecule has 2 fully saturated rings. The van der Waals surface area contributed by atoms with Gasteiger partial charge in [-0.3, -0.25) is 19.2 Å². The number of anilines is 2. The van der Waals surface area contributed by atoms with Crippen LogP contribution in [0.2, 0.25) is 0 Å². The molecule has 0 saturated carbocycles. The van der Waals surface area contributed by atoms with E-state index in [-0.39, 0.29) is 43.1 Å². The van der Waals surface area contributed by atoms with E-state index in [0.717, 1.165) is 122 Å². The van der Waals surface area contributed by atoms with Crippen LogP contribution in [0, 0.1) is 18.3 Å². The van der Waals surface area contributed by atoms with E-state index in [2.05, 4.69) is 25.6 Å². The highest BCUT2D eigenvalue weighted by atomic mass is 32.1. The highest BCUT2D eigenvalue weighted by molar-refractivity contribution is 7.13. The fourth-order valence-electron chi connectivity index (χ4n) is 10.2. The van der Waals surface area contributed by atoms with Gasteiger partial charge in [-0.15, -0.1) is 11.3 Å². The van der Waals surface area contributed by atoms with Gasteiger partial charge in [0.25, 0.3) is 0 Å². The average Bonchev–Trinajstić information content (AvgIpc) is 4.01. The number of ether oxygens (including phenoxy) is 2. The Hall–Kier alpha value is -6.13. The predicted octanol–water partition coefficient (Wildman–Crippen LogP) is 9.87. The van der Waals surface area contributed by atoms with E-state index in [9.17, 15) is 24.3 Å². The average molecular weight is 1020 g/mol. The van der Waals surface area contributed by atoms with Gasteiger partial charge in [-0.05, 0) is 73.3 Å². The Morgan fingerprint density at radius 2 is 1.53 bits per heavy atom. The summed E-state index contributed by atoms with van der Waals surface area (Å²) in [6.07, 6.45) is 12.7. The van der Waals surface area contributed by atoms with Crippen LogP contribution >= 0.6 is 11.3 Å². The number of amides is 4. The number of carbonyl (C=O) groups excluding carboxylic acids is 4. The van der Waals surface area contributed by atoms with Crippen LogP contribution in [0.5, 0.6) is 11.5 Å². The number of unbranched alkanes of at least 4 members (excludes halogenated alkanes) is 8. The van der Waals surface area contributed by atoms with Gasteiger partial charge in [0.05, 0.1) is 41.4 Å². The Morgan fingerprint density at radius 3 is 2.18 bits per heavy atom. The van der Waals surface area contributed by atoms with Crippen molar-refractivity contribution in [1.29, 1.82) is 0 Å². The summed E-state index contributed by atoms with van der Waals surface area (Å²) in [6, 6.07) is 20.1. The summed E-state index contributed by atoms with van der Waals surface area (Å²) in [4.78, 5) is 73.9. The molecule has 3 atom stereocenters. The van der Waals surface area contributed by atoms with Gasteiger partial charge in [-0.25, -0.2) is 15.0 Å². The van der Waals surface area contributed by atoms with Crippen molar-refractivity contribution in [2.75, 3.05) is 45.7 Å². The maximum Gasteiger partial charge on any atom is 0.246 e. The van der Waals surface area contributed by atoms with E-state index in [1.807, 2.05) is 105 Å². The first-order valence-corrected chi connectivity index (χ1v) is 27.1. The molecule has 15 nitrogen and oxygen atoms in total. The first kappa shape index (κ1) is 54.6. The molecule has 0 spiro atoms. The van der Waals surface area contributed by atoms with Crippen molar-refractivity contribution in [2.24, 2.45) is 11.3 Å². The lowest BCUT2D eigenvalue weighted by Crippen LogP contribution is -2.58. The number of piperidine rings is 1. The molecule has 0 unspecified atom stereocenters. The molecule has 3 N–H and O–H groups in total. The number of para-hydroxylation sites is 1. The third-order valence-corrected chi connectivity index (χ3v) is 15.3. The van der Waals surface area contributed by atoms with Gasteiger partial charge in [0.1, 0.15) is 24.2 Å². The number of benzene rings is 3. The number of hydrogen-bond donors (Lipinski definition) is 3. The Kier molecular flexibility index (Phi) is 19.6. The number of rotatable bonds is 24. The van der Waals surface area contributed by atoms with Crippen molar-refractivity contribution in [3.05, 3.63) is 89.8 Å². The second-order valence-electron chi connectivity index (χ2n) is 20.9. The third kappa shape index (κ3) is 15.0. The van der Waals surface area contributed by atoms with Crippen LogP contribution in [0.3, 0.4) is 0 Å². The molecule has 2 aliphatic heterocycles. The van der Waals surface area contributed by atoms with Crippen LogP contribution in [-0.4, -0.2) is 117 Å². The molecular formula is C57H76N8O7S. The third-order valence-electron chi connectivity index (χ3n) is 14.3. The number of carbonyl (C=O) groups is 4. The second-order valence-corrected chi connectivity index (χ2v) is 21.8. The smallest absolute Gasteiger partial charge is 0.246 e. The molecule has 392 valence electrons. The van der Waals surface area contributed by atoms with E-state index < -0.39 is 23.6 Å². The standard InChI is InChI=1S/C57H76N8O7S/c1-39-52(73-38-61-39)42-25-23-40(24-26-42)34-58-55(69)47-31-44(66)35-65(47)56(70)53(57(2,3)4)63(5)50(67)21-17-12-10-8-7-9-11-13-18-22-51(68)64-29-27-41(28-30-64)36-72-49-33-46-45(32-48(49)71-6)54(60-37-59-46)62-43-19-15-14-16-20-43/h14-16,19-20,23-26,32-33,37-38,41,44,47,53,66H,7-13,17-18,21-22,27-31,34-36H2,1-6H3,(H,58,69)(H,59,60,62)/t44-,47+,53-/m1/s1. The van der Waals surface area contributed by atoms with Crippen molar-refractivity contribution < 1.29 is 33.8 Å². The van der Waals surface area contributed by atoms with E-state index in [4.69, 9.17) is 9.47 Å². The topological polar surface area (TPSA) is 179 Å². The minimum Gasteiger partial charge on any atom is -0.493 e. The van der Waals surface area contributed by atoms with Crippen molar-refractivity contribution >= 4 is 57.4 Å². The van der Waals surface area contributed by atoms with Gasteiger partial charge in [0.15, 0.2) is 11.5 Å². The summed E-state index contributed by atoms with van der Waals surface area (Å²) in [7, 11) is 3.32. The summed E-state index contributed by atoms with van der Waals surface area (Å²) in [5, 5.41) is 17.9. The van der Waals surface area contributed by atoms with Crippen molar-refractivity contribution in [2.45, 2.75) is 142 Å². The monoisotopic (exact) mass is 1020 g/mol. The summed E-state index contributed by atoms with van der Waals surface area (Å²) < 4.78 is 12.0. The first-order valence-electron chi connectivity index (χ1n) is 26.3. The Bertz CT molecular complexity index is 2600. The maximum absolute atomic E-state index is 14.3. The second kappa shape index (κ2) is 26.2. The fourth-order valence-corrected chi connectivity index (χ4v) is 11.0. The molecule has 16 heteroatoms. The van der Waals surface area contributed by atoms with Crippen LogP contribution in [0.15, 0.2) is 78.6 Å². The lowest BCUT2D eigenvalue weighted by molar-refractivity contribution is -0.151. The number of nitrogens with one attached hydrogen (secondary N) is 2. The zero-order valence-electron chi connectivity index (χ0n) is 43.7. The summed E-state index contributed by atoms with van der Waals surface area (Å²) in [5.41, 5.74) is 5.89. The minimum atomic E-state index is -0.830. The zero-order valence-corrected chi connectivity index (χ0v) is 44.6. The Balaban J connectivity index is 0.739. The van der Waals surface area contributed by atoms with Crippen molar-refractivity contribution in [3.8, 4) is 21.9 Å². The molecule has 73 heavy (non-hydrogen) atoms. The van der Waals surface area contributed by atoms with E-state index in [1.165, 1.54) is 4.90 Å². The number of aromatic nitrogens is 3. The number of aryl methyl sites for hydroxylation is 1. The number of nitrogens with zero attached hydrogens (tertiary/aromatic N) is 6. The molecule has 3 aromatic carbocycles. The SMILES string of the molecule is COc1cc2c(Nc3ccccc3)ncnc2cc1OCC1CCN(C(=O)CCCCCCCCCCCC(=O)N(C)[C@H](C(=O)N2C[C@H](O)C[C@H]2C(=O)NCc2ccc(-c3scnc3C)cc2)C(C)(C)C)CC1. The Morgan fingerprint density at radius 1 is 0.863 bits per heavy atom. The maximum atomic E-state index is 14.3. The molecule has 0 aliphatic carbocycles. The van der Waals surface area contributed by atoms with Crippen LogP contribution in [-0.2, 0) is 25.7 Å². The Labute approximate surface area is 435 Å². The number of likely N-dealkylation sites (tertiary alicyclic amines) is 2. The normalized spacial score (nSPS) is 16.6. The molecule has 5 aromatic rings. The van der Waals surface area contributed by atoms with Crippen LogP contribution in [0.25, 0.3) is 21.3 Å². The van der Waals surface area contributed by atoms with E-state index in [0.29, 0.717) is 42.7 Å². The van der Waals surface area contributed by atoms with E-state index in [1.54, 1.807) is 36.7 Å². The minimum absolute atomic E-state index is 0.0438. The molecule has 7 rings (SSSR count). The summed E-state index contributed by atoms with van der Waals surface area (Å²) in [6.45, 7) is 10.1. The largest absolute Gasteiger partial charge is 0.493 e. The van der Waals surface area contributed by atoms with Crippen molar-refractivity contribution in [1.82, 2.24) is 35.0 Å². The number of β-amino-alcohol motifs (C(OH)–C–C–N with tert-alkyl or cyclic N) is 1. The quantitative estimate of drug-likeness (QED) is 0.0501. The number of methoxy groups -OCH3 is 1. The van der Waals surface area contributed by atoms with Gasteiger partial charge in [0, 0.05) is 69.6 Å². The van der Waals surface area contributed by atoms with Crippen LogP contribution < -0.4 is 20.1 Å². The number of hydrogen-bond acceptors (Lipinski definition) is 12. The number of aliphatic hydroxyl groups is 1. The highest BCUT2D eigenvalue weighted by Crippen LogP contribution is 2.36. The van der Waals surface area contributed by atoms with Gasteiger partial charge < -0.3 is 39.9 Å². The molecule has 4 heterocycles. The zero-order chi connectivity index (χ0) is 51.9. The number of fused-ring (bicyclic) bond motifs is 1. The molecule has 0 bridgehead atoms.